The highest BCUT2D eigenvalue weighted by Gasteiger charge is 2.23. The molecule has 0 bridgehead atoms. The van der Waals surface area contributed by atoms with Crippen LogP contribution in [-0.4, -0.2) is 29.0 Å². The number of primary amides is 1. The fourth-order valence-corrected chi connectivity index (χ4v) is 2.44. The van der Waals surface area contributed by atoms with Crippen molar-refractivity contribution in [1.82, 2.24) is 9.97 Å². The Balaban J connectivity index is 2.01. The maximum Gasteiger partial charge on any atom is 0.222 e. The average molecular weight is 270 g/mol. The van der Waals surface area contributed by atoms with Crippen molar-refractivity contribution >= 4 is 29.3 Å². The average Bonchev–Trinajstić information content (AvgIpc) is 2.33. The molecule has 4 N–H and O–H groups in total. The number of nitrogen functional groups attached to an aromatic ring is 1. The summed E-state index contributed by atoms with van der Waals surface area (Å²) in [6.07, 6.45) is 3.77. The lowest BCUT2D eigenvalue weighted by Crippen LogP contribution is -2.35. The third-order valence-corrected chi connectivity index (χ3v) is 3.41. The van der Waals surface area contributed by atoms with E-state index in [1.54, 1.807) is 0 Å². The number of carbonyl (C=O) groups excluding carboxylic acids is 1. The Kier molecular flexibility index (Phi) is 3.86. The molecule has 6 nitrogen and oxygen atoms in total. The molecule has 0 aromatic carbocycles. The van der Waals surface area contributed by atoms with Gasteiger partial charge in [-0.25, -0.2) is 4.98 Å². The lowest BCUT2D eigenvalue weighted by Gasteiger charge is -2.32. The number of carbonyl (C=O) groups is 1. The highest BCUT2D eigenvalue weighted by molar-refractivity contribution is 6.32. The zero-order valence-electron chi connectivity index (χ0n) is 9.97. The van der Waals surface area contributed by atoms with Gasteiger partial charge in [-0.1, -0.05) is 11.6 Å². The molecule has 0 saturated carbocycles. The molecular formula is C11H16ClN5O. The highest BCUT2D eigenvalue weighted by Crippen LogP contribution is 2.28. The Hall–Kier alpha value is -1.56. The van der Waals surface area contributed by atoms with Gasteiger partial charge in [0, 0.05) is 19.5 Å². The third kappa shape index (κ3) is 3.01. The lowest BCUT2D eigenvalue weighted by atomic mass is 9.93. The van der Waals surface area contributed by atoms with Crippen molar-refractivity contribution in [2.45, 2.75) is 19.3 Å². The minimum Gasteiger partial charge on any atom is -0.370 e. The predicted molar refractivity (Wildman–Crippen MR) is 70.2 cm³/mol. The molecule has 2 heterocycles. The first-order valence-electron chi connectivity index (χ1n) is 5.87. The third-order valence-electron chi connectivity index (χ3n) is 3.15. The van der Waals surface area contributed by atoms with Gasteiger partial charge < -0.3 is 16.4 Å². The van der Waals surface area contributed by atoms with Crippen molar-refractivity contribution in [1.29, 1.82) is 0 Å². The predicted octanol–water partition coefficient (Wildman–Crippen LogP) is 0.804. The number of rotatable bonds is 3. The van der Waals surface area contributed by atoms with Crippen LogP contribution in [0.15, 0.2) is 6.20 Å². The van der Waals surface area contributed by atoms with Gasteiger partial charge in [-0.05, 0) is 18.8 Å². The van der Waals surface area contributed by atoms with Crippen molar-refractivity contribution in [3.05, 3.63) is 11.2 Å². The topological polar surface area (TPSA) is 98.1 Å². The Morgan fingerprint density at radius 1 is 1.50 bits per heavy atom. The molecule has 1 aromatic heterocycles. The van der Waals surface area contributed by atoms with Gasteiger partial charge in [0.05, 0.1) is 6.20 Å². The molecule has 0 unspecified atom stereocenters. The van der Waals surface area contributed by atoms with Crippen molar-refractivity contribution in [2.75, 3.05) is 23.7 Å². The zero-order chi connectivity index (χ0) is 13.1. The Labute approximate surface area is 110 Å². The summed E-state index contributed by atoms with van der Waals surface area (Å²) in [7, 11) is 0. The second kappa shape index (κ2) is 5.39. The van der Waals surface area contributed by atoms with E-state index < -0.39 is 0 Å². The molecule has 18 heavy (non-hydrogen) atoms. The molecule has 1 fully saturated rings. The molecule has 1 amide bonds. The van der Waals surface area contributed by atoms with E-state index in [2.05, 4.69) is 14.9 Å². The second-order valence-electron chi connectivity index (χ2n) is 4.50. The summed E-state index contributed by atoms with van der Waals surface area (Å²) in [5.41, 5.74) is 10.8. The summed E-state index contributed by atoms with van der Waals surface area (Å²) < 4.78 is 0. The standard InChI is InChI=1S/C11H16ClN5O/c12-8-6-15-11(14)16-10(8)17-3-1-7(2-4-17)5-9(13)18/h6-7H,1-5H2,(H2,13,18)(H2,14,15,16). The number of amides is 1. The van der Waals surface area contributed by atoms with Gasteiger partial charge in [0.1, 0.15) is 5.02 Å². The van der Waals surface area contributed by atoms with Crippen LogP contribution in [0.25, 0.3) is 0 Å². The quantitative estimate of drug-likeness (QED) is 0.846. The first kappa shape index (κ1) is 12.9. The fraction of sp³-hybridized carbons (Fsp3) is 0.545. The number of hydrogen-bond acceptors (Lipinski definition) is 5. The Morgan fingerprint density at radius 3 is 2.78 bits per heavy atom. The van der Waals surface area contributed by atoms with E-state index in [0.29, 0.717) is 23.2 Å². The van der Waals surface area contributed by atoms with Crippen LogP contribution in [0.2, 0.25) is 5.02 Å². The van der Waals surface area contributed by atoms with E-state index in [1.165, 1.54) is 6.20 Å². The smallest absolute Gasteiger partial charge is 0.222 e. The van der Waals surface area contributed by atoms with Crippen LogP contribution >= 0.6 is 11.6 Å². The molecule has 1 aromatic rings. The van der Waals surface area contributed by atoms with Gasteiger partial charge in [-0.15, -0.1) is 0 Å². The summed E-state index contributed by atoms with van der Waals surface area (Å²) in [5, 5.41) is 0.498. The molecule has 2 rings (SSSR count). The van der Waals surface area contributed by atoms with Crippen LogP contribution in [0.4, 0.5) is 11.8 Å². The van der Waals surface area contributed by atoms with Gasteiger partial charge in [-0.2, -0.15) is 4.98 Å². The Morgan fingerprint density at radius 2 is 2.17 bits per heavy atom. The summed E-state index contributed by atoms with van der Waals surface area (Å²) in [5.74, 6) is 1.00. The minimum atomic E-state index is -0.238. The molecule has 0 atom stereocenters. The molecule has 0 spiro atoms. The van der Waals surface area contributed by atoms with E-state index in [-0.39, 0.29) is 11.9 Å². The van der Waals surface area contributed by atoms with Gasteiger partial charge in [0.15, 0.2) is 5.82 Å². The molecule has 1 aliphatic heterocycles. The minimum absolute atomic E-state index is 0.216. The first-order valence-corrected chi connectivity index (χ1v) is 6.25. The first-order chi connectivity index (χ1) is 8.56. The van der Waals surface area contributed by atoms with Gasteiger partial charge in [-0.3, -0.25) is 4.79 Å². The largest absolute Gasteiger partial charge is 0.370 e. The molecule has 1 saturated heterocycles. The SMILES string of the molecule is NC(=O)CC1CCN(c2nc(N)ncc2Cl)CC1. The second-order valence-corrected chi connectivity index (χ2v) is 4.91. The number of nitrogens with two attached hydrogens (primary N) is 2. The molecule has 0 aliphatic carbocycles. The normalized spacial score (nSPS) is 16.8. The molecular weight excluding hydrogens is 254 g/mol. The van der Waals surface area contributed by atoms with Crippen molar-refractivity contribution < 1.29 is 4.79 Å². The van der Waals surface area contributed by atoms with E-state index in [9.17, 15) is 4.79 Å². The molecule has 1 aliphatic rings. The highest BCUT2D eigenvalue weighted by atomic mass is 35.5. The molecule has 7 heteroatoms. The maximum absolute atomic E-state index is 10.9. The monoisotopic (exact) mass is 269 g/mol. The van der Waals surface area contributed by atoms with Crippen LogP contribution in [-0.2, 0) is 4.79 Å². The van der Waals surface area contributed by atoms with E-state index in [0.717, 1.165) is 25.9 Å². The van der Waals surface area contributed by atoms with Crippen LogP contribution < -0.4 is 16.4 Å². The van der Waals surface area contributed by atoms with Crippen LogP contribution in [0.5, 0.6) is 0 Å². The van der Waals surface area contributed by atoms with Crippen molar-refractivity contribution in [2.24, 2.45) is 11.7 Å². The van der Waals surface area contributed by atoms with E-state index in [4.69, 9.17) is 23.1 Å². The van der Waals surface area contributed by atoms with Crippen LogP contribution in [0.1, 0.15) is 19.3 Å². The number of anilines is 2. The van der Waals surface area contributed by atoms with E-state index >= 15 is 0 Å². The van der Waals surface area contributed by atoms with Crippen molar-refractivity contribution in [3.63, 3.8) is 0 Å². The number of halogens is 1. The fourth-order valence-electron chi connectivity index (χ4n) is 2.23. The summed E-state index contributed by atoms with van der Waals surface area (Å²) in [6.45, 7) is 1.60. The van der Waals surface area contributed by atoms with Crippen LogP contribution in [0.3, 0.4) is 0 Å². The van der Waals surface area contributed by atoms with Crippen LogP contribution in [0, 0.1) is 5.92 Å². The molecule has 0 radical (unpaired) electrons. The number of piperidine rings is 1. The number of aromatic nitrogens is 2. The summed E-state index contributed by atoms with van der Waals surface area (Å²) >= 11 is 6.05. The number of hydrogen-bond donors (Lipinski definition) is 2. The van der Waals surface area contributed by atoms with Gasteiger partial charge >= 0.3 is 0 Å². The zero-order valence-corrected chi connectivity index (χ0v) is 10.7. The number of nitrogens with zero attached hydrogens (tertiary/aromatic N) is 3. The van der Waals surface area contributed by atoms with Gasteiger partial charge in [0.2, 0.25) is 11.9 Å². The van der Waals surface area contributed by atoms with E-state index in [1.807, 2.05) is 0 Å². The molecule has 98 valence electrons. The summed E-state index contributed by atoms with van der Waals surface area (Å²) in [6, 6.07) is 0. The van der Waals surface area contributed by atoms with Crippen molar-refractivity contribution in [3.8, 4) is 0 Å². The Bertz CT molecular complexity index is 445. The summed E-state index contributed by atoms with van der Waals surface area (Å²) in [4.78, 5) is 20.9. The maximum atomic E-state index is 10.9. The van der Waals surface area contributed by atoms with Gasteiger partial charge in [0.25, 0.3) is 0 Å². The lowest BCUT2D eigenvalue weighted by molar-refractivity contribution is -0.119.